The van der Waals surface area contributed by atoms with E-state index in [0.29, 0.717) is 17.3 Å². The van der Waals surface area contributed by atoms with E-state index in [1.165, 1.54) is 0 Å². The quantitative estimate of drug-likeness (QED) is 0.722. The van der Waals surface area contributed by atoms with Gasteiger partial charge in [0.1, 0.15) is 6.54 Å². The molecule has 0 N–H and O–H groups in total. The van der Waals surface area contributed by atoms with Gasteiger partial charge >= 0.3 is 6.18 Å². The molecule has 0 saturated heterocycles. The Bertz CT molecular complexity index is 498. The van der Waals surface area contributed by atoms with Crippen molar-refractivity contribution in [1.82, 2.24) is 4.90 Å². The predicted molar refractivity (Wildman–Crippen MR) is 80.3 cm³/mol. The van der Waals surface area contributed by atoms with Crippen LogP contribution in [0.2, 0.25) is 0 Å². The first-order valence-electron chi connectivity index (χ1n) is 6.83. The topological polar surface area (TPSA) is 20.3 Å². The van der Waals surface area contributed by atoms with E-state index in [4.69, 9.17) is 0 Å². The number of carbonyl (C=O) groups excluding carboxylic acids is 1. The molecule has 1 aromatic rings. The van der Waals surface area contributed by atoms with Crippen molar-refractivity contribution in [1.29, 1.82) is 0 Å². The van der Waals surface area contributed by atoms with E-state index in [-0.39, 0.29) is 5.56 Å². The average Bonchev–Trinajstić information content (AvgIpc) is 2.40. The molecule has 1 amide bonds. The monoisotopic (exact) mass is 365 g/mol. The van der Waals surface area contributed by atoms with Crippen LogP contribution in [0.4, 0.5) is 13.2 Å². The fourth-order valence-electron chi connectivity index (χ4n) is 2.18. The smallest absolute Gasteiger partial charge is 0.327 e. The zero-order valence-electron chi connectivity index (χ0n) is 12.3. The minimum atomic E-state index is -4.40. The van der Waals surface area contributed by atoms with E-state index in [1.807, 2.05) is 6.92 Å². The van der Waals surface area contributed by atoms with Gasteiger partial charge in [0.2, 0.25) is 0 Å². The number of hydrogen-bond donors (Lipinski definition) is 0. The van der Waals surface area contributed by atoms with E-state index >= 15 is 0 Å². The van der Waals surface area contributed by atoms with Crippen LogP contribution in [0.25, 0.3) is 0 Å². The zero-order valence-corrected chi connectivity index (χ0v) is 13.9. The van der Waals surface area contributed by atoms with Crippen LogP contribution < -0.4 is 0 Å². The molecule has 0 atom stereocenters. The highest BCUT2D eigenvalue weighted by Crippen LogP contribution is 2.24. The summed E-state index contributed by atoms with van der Waals surface area (Å²) in [6.07, 6.45) is -3.42. The van der Waals surface area contributed by atoms with Gasteiger partial charge in [0.15, 0.2) is 0 Å². The molecule has 0 unspecified atom stereocenters. The second-order valence-corrected chi connectivity index (χ2v) is 5.84. The van der Waals surface area contributed by atoms with Crippen molar-refractivity contribution in [3.63, 3.8) is 0 Å². The Morgan fingerprint density at radius 1 is 1.29 bits per heavy atom. The molecule has 0 aliphatic rings. The molecular formula is C15H19BrF3NO. The Hall–Kier alpha value is -1.04. The molecule has 6 heteroatoms. The van der Waals surface area contributed by atoms with Gasteiger partial charge in [-0.15, -0.1) is 0 Å². The maximum atomic E-state index is 12.8. The van der Waals surface area contributed by atoms with Crippen LogP contribution in [0.15, 0.2) is 22.7 Å². The average molecular weight is 366 g/mol. The lowest BCUT2D eigenvalue weighted by Crippen LogP contribution is -2.45. The van der Waals surface area contributed by atoms with Crippen LogP contribution in [0.5, 0.6) is 0 Å². The third-order valence-corrected chi connectivity index (χ3v) is 4.27. The van der Waals surface area contributed by atoms with Crippen LogP contribution >= 0.6 is 15.9 Å². The number of benzene rings is 1. The van der Waals surface area contributed by atoms with Gasteiger partial charge in [0.05, 0.1) is 0 Å². The van der Waals surface area contributed by atoms with Gasteiger partial charge < -0.3 is 4.90 Å². The molecule has 0 bridgehead atoms. The standard InChI is InChI=1S/C15H19BrF3NO/c1-4-12(5-2)20(9-15(17,18)19)14(21)11-7-6-10(3)13(16)8-11/h6-8,12H,4-5,9H2,1-3H3. The second-order valence-electron chi connectivity index (χ2n) is 4.98. The molecule has 1 aromatic carbocycles. The van der Waals surface area contributed by atoms with E-state index < -0.39 is 24.7 Å². The highest BCUT2D eigenvalue weighted by Gasteiger charge is 2.36. The van der Waals surface area contributed by atoms with Gasteiger partial charge in [-0.05, 0) is 37.5 Å². The number of hydrogen-bond acceptors (Lipinski definition) is 1. The van der Waals surface area contributed by atoms with E-state index in [0.717, 1.165) is 10.5 Å². The third-order valence-electron chi connectivity index (χ3n) is 3.41. The van der Waals surface area contributed by atoms with Crippen LogP contribution in [0.3, 0.4) is 0 Å². The SMILES string of the molecule is CCC(CC)N(CC(F)(F)F)C(=O)c1ccc(C)c(Br)c1. The van der Waals surface area contributed by atoms with Gasteiger partial charge in [-0.1, -0.05) is 35.8 Å². The molecule has 1 rings (SSSR count). The van der Waals surface area contributed by atoms with Gasteiger partial charge in [0.25, 0.3) is 5.91 Å². The number of amides is 1. The predicted octanol–water partition coefficient (Wildman–Crippen LogP) is 4.95. The lowest BCUT2D eigenvalue weighted by molar-refractivity contribution is -0.144. The van der Waals surface area contributed by atoms with E-state index in [9.17, 15) is 18.0 Å². The number of carbonyl (C=O) groups is 1. The lowest BCUT2D eigenvalue weighted by Gasteiger charge is -2.31. The highest BCUT2D eigenvalue weighted by atomic mass is 79.9. The maximum Gasteiger partial charge on any atom is 0.406 e. The molecule has 0 aromatic heterocycles. The Morgan fingerprint density at radius 2 is 1.86 bits per heavy atom. The molecule has 0 saturated carbocycles. The number of halogens is 4. The summed E-state index contributed by atoms with van der Waals surface area (Å²) in [5.74, 6) is -0.582. The Morgan fingerprint density at radius 3 is 2.29 bits per heavy atom. The zero-order chi connectivity index (χ0) is 16.2. The minimum absolute atomic E-state index is 0.267. The van der Waals surface area contributed by atoms with Gasteiger partial charge in [-0.2, -0.15) is 13.2 Å². The maximum absolute atomic E-state index is 12.8. The first kappa shape index (κ1) is 18.0. The molecule has 2 nitrogen and oxygen atoms in total. The molecule has 0 fully saturated rings. The van der Waals surface area contributed by atoms with Crippen molar-refractivity contribution in [2.45, 2.75) is 45.8 Å². The summed E-state index contributed by atoms with van der Waals surface area (Å²) >= 11 is 3.30. The fourth-order valence-corrected chi connectivity index (χ4v) is 2.56. The minimum Gasteiger partial charge on any atom is -0.327 e. The summed E-state index contributed by atoms with van der Waals surface area (Å²) in [5, 5.41) is 0. The van der Waals surface area contributed by atoms with Crippen molar-refractivity contribution in [3.8, 4) is 0 Å². The van der Waals surface area contributed by atoms with Crippen LogP contribution in [0, 0.1) is 6.92 Å². The van der Waals surface area contributed by atoms with Crippen molar-refractivity contribution in [2.24, 2.45) is 0 Å². The number of rotatable bonds is 5. The second kappa shape index (κ2) is 7.29. The van der Waals surface area contributed by atoms with Gasteiger partial charge in [0, 0.05) is 16.1 Å². The first-order valence-corrected chi connectivity index (χ1v) is 7.62. The van der Waals surface area contributed by atoms with E-state index in [2.05, 4.69) is 15.9 Å². The summed E-state index contributed by atoms with van der Waals surface area (Å²) in [7, 11) is 0. The molecule has 118 valence electrons. The Labute approximate surface area is 131 Å². The summed E-state index contributed by atoms with van der Waals surface area (Å²) in [6.45, 7) is 4.21. The van der Waals surface area contributed by atoms with Crippen molar-refractivity contribution >= 4 is 21.8 Å². The molecule has 0 heterocycles. The number of nitrogens with zero attached hydrogens (tertiary/aromatic N) is 1. The number of aryl methyl sites for hydroxylation is 1. The normalized spacial score (nSPS) is 11.8. The molecular weight excluding hydrogens is 347 g/mol. The highest BCUT2D eigenvalue weighted by molar-refractivity contribution is 9.10. The van der Waals surface area contributed by atoms with Crippen molar-refractivity contribution in [2.75, 3.05) is 6.54 Å². The number of alkyl halides is 3. The third kappa shape index (κ3) is 5.02. The summed E-state index contributed by atoms with van der Waals surface area (Å²) < 4.78 is 39.0. The van der Waals surface area contributed by atoms with Crippen LogP contribution in [-0.4, -0.2) is 29.6 Å². The molecule has 0 aliphatic heterocycles. The Kier molecular flexibility index (Phi) is 6.25. The van der Waals surface area contributed by atoms with Crippen LogP contribution in [-0.2, 0) is 0 Å². The molecule has 21 heavy (non-hydrogen) atoms. The van der Waals surface area contributed by atoms with Crippen molar-refractivity contribution < 1.29 is 18.0 Å². The summed E-state index contributed by atoms with van der Waals surface area (Å²) in [6, 6.07) is 4.44. The van der Waals surface area contributed by atoms with Crippen LogP contribution in [0.1, 0.15) is 42.6 Å². The largest absolute Gasteiger partial charge is 0.406 e. The van der Waals surface area contributed by atoms with Gasteiger partial charge in [-0.25, -0.2) is 0 Å². The van der Waals surface area contributed by atoms with E-state index in [1.54, 1.807) is 32.0 Å². The molecule has 0 aliphatic carbocycles. The fraction of sp³-hybridized carbons (Fsp3) is 0.533. The Balaban J connectivity index is 3.11. The molecule has 0 spiro atoms. The van der Waals surface area contributed by atoms with Gasteiger partial charge in [-0.3, -0.25) is 4.79 Å². The van der Waals surface area contributed by atoms with Crippen molar-refractivity contribution in [3.05, 3.63) is 33.8 Å². The summed E-state index contributed by atoms with van der Waals surface area (Å²) in [5.41, 5.74) is 1.19. The molecule has 0 radical (unpaired) electrons. The first-order chi connectivity index (χ1) is 9.69. The lowest BCUT2D eigenvalue weighted by atomic mass is 10.1. The summed E-state index contributed by atoms with van der Waals surface area (Å²) in [4.78, 5) is 13.4.